The van der Waals surface area contributed by atoms with Crippen molar-refractivity contribution in [1.82, 2.24) is 5.32 Å². The molecule has 0 aromatic rings. The average molecular weight is 215 g/mol. The van der Waals surface area contributed by atoms with Crippen LogP contribution in [-0.4, -0.2) is 24.8 Å². The Morgan fingerprint density at radius 1 is 1.40 bits per heavy atom. The second-order valence-electron chi connectivity index (χ2n) is 3.00. The summed E-state index contributed by atoms with van der Waals surface area (Å²) in [6, 6.07) is 0. The molecule has 0 atom stereocenters. The van der Waals surface area contributed by atoms with Gasteiger partial charge in [0, 0.05) is 0 Å². The lowest BCUT2D eigenvalue weighted by molar-refractivity contribution is -0.143. The zero-order valence-corrected chi connectivity index (χ0v) is 9.49. The molecule has 0 aliphatic carbocycles. The lowest BCUT2D eigenvalue weighted by Crippen LogP contribution is -2.30. The summed E-state index contributed by atoms with van der Waals surface area (Å²) < 4.78 is 9.54. The molecule has 0 rings (SSSR count). The maximum absolute atomic E-state index is 11.4. The van der Waals surface area contributed by atoms with Gasteiger partial charge in [-0.1, -0.05) is 6.08 Å². The first kappa shape index (κ1) is 13.5. The van der Waals surface area contributed by atoms with E-state index in [9.17, 15) is 9.59 Å². The molecule has 1 amide bonds. The van der Waals surface area contributed by atoms with Crippen LogP contribution in [0.4, 0.5) is 4.79 Å². The number of alkyl carbamates (subject to hydrolysis) is 1. The first-order valence-electron chi connectivity index (χ1n) is 4.82. The van der Waals surface area contributed by atoms with Gasteiger partial charge in [0.2, 0.25) is 0 Å². The number of allylic oxidation sites excluding steroid dienone is 1. The van der Waals surface area contributed by atoms with Crippen molar-refractivity contribution in [3.8, 4) is 0 Å². The monoisotopic (exact) mass is 215 g/mol. The maximum atomic E-state index is 11.4. The highest BCUT2D eigenvalue weighted by Gasteiger charge is 2.14. The third-order valence-electron chi connectivity index (χ3n) is 1.36. The van der Waals surface area contributed by atoms with Crippen molar-refractivity contribution in [3.63, 3.8) is 0 Å². The van der Waals surface area contributed by atoms with E-state index in [1.54, 1.807) is 27.7 Å². The minimum absolute atomic E-state index is 0.0853. The molecule has 1 N–H and O–H groups in total. The summed E-state index contributed by atoms with van der Waals surface area (Å²) in [7, 11) is 0. The lowest BCUT2D eigenvalue weighted by Gasteiger charge is -2.11. The second-order valence-corrected chi connectivity index (χ2v) is 3.00. The van der Waals surface area contributed by atoms with Crippen molar-refractivity contribution in [2.24, 2.45) is 0 Å². The molecule has 5 heteroatoms. The molecule has 0 aliphatic rings. The van der Waals surface area contributed by atoms with Gasteiger partial charge in [0.15, 0.2) is 0 Å². The summed E-state index contributed by atoms with van der Waals surface area (Å²) in [4.78, 5) is 22.4. The predicted molar refractivity (Wildman–Crippen MR) is 55.1 cm³/mol. The number of carbonyl (C=O) groups is 2. The van der Waals surface area contributed by atoms with Crippen LogP contribution in [0.3, 0.4) is 0 Å². The fourth-order valence-corrected chi connectivity index (χ4v) is 0.796. The zero-order chi connectivity index (χ0) is 11.8. The van der Waals surface area contributed by atoms with E-state index >= 15 is 0 Å². The molecule has 0 heterocycles. The molecule has 86 valence electrons. The van der Waals surface area contributed by atoms with E-state index in [1.807, 2.05) is 0 Å². The van der Waals surface area contributed by atoms with E-state index in [2.05, 4.69) is 10.1 Å². The Labute approximate surface area is 89.4 Å². The molecular weight excluding hydrogens is 198 g/mol. The molecule has 0 spiro atoms. The van der Waals surface area contributed by atoms with Crippen molar-refractivity contribution >= 4 is 12.1 Å². The van der Waals surface area contributed by atoms with Gasteiger partial charge in [-0.3, -0.25) is 5.32 Å². The van der Waals surface area contributed by atoms with Gasteiger partial charge in [-0.25, -0.2) is 9.59 Å². The average Bonchev–Trinajstić information content (AvgIpc) is 2.13. The minimum Gasteiger partial charge on any atom is -0.458 e. The Morgan fingerprint density at radius 3 is 2.40 bits per heavy atom. The largest absolute Gasteiger partial charge is 0.458 e. The van der Waals surface area contributed by atoms with Gasteiger partial charge in [-0.2, -0.15) is 0 Å². The van der Waals surface area contributed by atoms with E-state index < -0.39 is 12.1 Å². The van der Waals surface area contributed by atoms with Gasteiger partial charge in [0.1, 0.15) is 5.70 Å². The number of esters is 1. The van der Waals surface area contributed by atoms with Crippen LogP contribution >= 0.6 is 0 Å². The first-order chi connectivity index (χ1) is 7.01. The van der Waals surface area contributed by atoms with Crippen LogP contribution in [0.5, 0.6) is 0 Å². The van der Waals surface area contributed by atoms with Crippen molar-refractivity contribution < 1.29 is 19.1 Å². The number of rotatable bonds is 4. The quantitative estimate of drug-likeness (QED) is 0.571. The summed E-state index contributed by atoms with van der Waals surface area (Å²) in [5.41, 5.74) is 0.0853. The standard InChI is InChI=1S/C10H17NO4/c1-5-8(9(12)15-7(3)4)11-10(13)14-6-2/h5,7H,6H2,1-4H3,(H,11,13)/b8-5-. The van der Waals surface area contributed by atoms with E-state index in [0.717, 1.165) is 0 Å². The van der Waals surface area contributed by atoms with Gasteiger partial charge in [0.05, 0.1) is 12.7 Å². The van der Waals surface area contributed by atoms with Crippen LogP contribution in [0.15, 0.2) is 11.8 Å². The molecule has 0 aromatic heterocycles. The highest BCUT2D eigenvalue weighted by Crippen LogP contribution is 1.98. The third kappa shape index (κ3) is 5.72. The molecule has 15 heavy (non-hydrogen) atoms. The van der Waals surface area contributed by atoms with Crippen LogP contribution in [0.1, 0.15) is 27.7 Å². The van der Waals surface area contributed by atoms with Crippen molar-refractivity contribution in [2.75, 3.05) is 6.61 Å². The first-order valence-corrected chi connectivity index (χ1v) is 4.82. The van der Waals surface area contributed by atoms with Crippen LogP contribution in [0.2, 0.25) is 0 Å². The normalized spacial score (nSPS) is 11.1. The van der Waals surface area contributed by atoms with Crippen LogP contribution in [0, 0.1) is 0 Å². The molecule has 0 fully saturated rings. The number of nitrogens with one attached hydrogen (secondary N) is 1. The Bertz CT molecular complexity index is 258. The summed E-state index contributed by atoms with van der Waals surface area (Å²) in [5.74, 6) is -0.569. The van der Waals surface area contributed by atoms with Gasteiger partial charge in [0.25, 0.3) is 0 Å². The fraction of sp³-hybridized carbons (Fsp3) is 0.600. The molecule has 0 saturated heterocycles. The minimum atomic E-state index is -0.661. The van der Waals surface area contributed by atoms with E-state index in [0.29, 0.717) is 0 Å². The number of ether oxygens (including phenoxy) is 2. The number of carbonyl (C=O) groups excluding carboxylic acids is 2. The second kappa shape index (κ2) is 6.86. The number of amides is 1. The highest BCUT2D eigenvalue weighted by atomic mass is 16.6. The topological polar surface area (TPSA) is 64.6 Å². The molecule has 0 bridgehead atoms. The lowest BCUT2D eigenvalue weighted by atomic mass is 10.4. The van der Waals surface area contributed by atoms with Crippen LogP contribution in [0.25, 0.3) is 0 Å². The number of hydrogen-bond acceptors (Lipinski definition) is 4. The van der Waals surface area contributed by atoms with E-state index in [1.165, 1.54) is 6.08 Å². The highest BCUT2D eigenvalue weighted by molar-refractivity contribution is 5.92. The SMILES string of the molecule is C/C=C(\NC(=O)OCC)C(=O)OC(C)C. The molecule has 0 saturated carbocycles. The summed E-state index contributed by atoms with van der Waals surface area (Å²) in [5, 5.41) is 2.30. The number of hydrogen-bond donors (Lipinski definition) is 1. The Kier molecular flexibility index (Phi) is 6.17. The smallest absolute Gasteiger partial charge is 0.411 e. The van der Waals surface area contributed by atoms with Crippen molar-refractivity contribution in [3.05, 3.63) is 11.8 Å². The van der Waals surface area contributed by atoms with E-state index in [4.69, 9.17) is 4.74 Å². The Morgan fingerprint density at radius 2 is 2.00 bits per heavy atom. The zero-order valence-electron chi connectivity index (χ0n) is 9.49. The Hall–Kier alpha value is -1.52. The van der Waals surface area contributed by atoms with Gasteiger partial charge in [-0.15, -0.1) is 0 Å². The van der Waals surface area contributed by atoms with Gasteiger partial charge < -0.3 is 9.47 Å². The van der Waals surface area contributed by atoms with Gasteiger partial charge in [-0.05, 0) is 27.7 Å². The van der Waals surface area contributed by atoms with Crippen molar-refractivity contribution in [2.45, 2.75) is 33.8 Å². The molecule has 0 aromatic carbocycles. The van der Waals surface area contributed by atoms with Crippen LogP contribution in [-0.2, 0) is 14.3 Å². The third-order valence-corrected chi connectivity index (χ3v) is 1.36. The predicted octanol–water partition coefficient (Wildman–Crippen LogP) is 1.59. The van der Waals surface area contributed by atoms with E-state index in [-0.39, 0.29) is 18.4 Å². The Balaban J connectivity index is 4.26. The maximum Gasteiger partial charge on any atom is 0.411 e. The molecular formula is C10H17NO4. The summed E-state index contributed by atoms with van der Waals surface area (Å²) in [6.07, 6.45) is 0.574. The van der Waals surface area contributed by atoms with Crippen molar-refractivity contribution in [1.29, 1.82) is 0 Å². The van der Waals surface area contributed by atoms with Gasteiger partial charge >= 0.3 is 12.1 Å². The molecule has 0 unspecified atom stereocenters. The molecule has 0 aliphatic heterocycles. The van der Waals surface area contributed by atoms with Crippen LogP contribution < -0.4 is 5.32 Å². The summed E-state index contributed by atoms with van der Waals surface area (Å²) >= 11 is 0. The fourth-order valence-electron chi connectivity index (χ4n) is 0.796. The summed E-state index contributed by atoms with van der Waals surface area (Å²) in [6.45, 7) is 7.03. The molecule has 5 nitrogen and oxygen atoms in total. The molecule has 0 radical (unpaired) electrons.